The number of rotatable bonds is 4. The number of hydrogen-bond acceptors (Lipinski definition) is 3. The Bertz CT molecular complexity index is 264. The van der Waals surface area contributed by atoms with E-state index < -0.39 is 5.97 Å². The van der Waals surface area contributed by atoms with Crippen LogP contribution in [0.25, 0.3) is 0 Å². The first-order valence-electron chi connectivity index (χ1n) is 5.76. The van der Waals surface area contributed by atoms with Crippen LogP contribution in [0.3, 0.4) is 0 Å². The molecule has 0 aliphatic heterocycles. The molecule has 0 heterocycles. The van der Waals surface area contributed by atoms with Crippen molar-refractivity contribution in [3.05, 3.63) is 11.6 Å². The molecule has 0 saturated carbocycles. The van der Waals surface area contributed by atoms with Gasteiger partial charge in [0.1, 0.15) is 0 Å². The summed E-state index contributed by atoms with van der Waals surface area (Å²) in [5.74, 6) is -0.950. The van der Waals surface area contributed by atoms with Gasteiger partial charge >= 0.3 is 0 Å². The molecule has 3 heteroatoms. The molecule has 0 aromatic carbocycles. The fourth-order valence-electron chi connectivity index (χ4n) is 2.34. The standard InChI is InChI=1S/C13H24O3/c1-10-7-11(9-12(2,3)8-10)16-13(4,14-5)15-6/h7,11H,8-9H2,1-6H3. The van der Waals surface area contributed by atoms with Crippen LogP contribution >= 0.6 is 0 Å². The van der Waals surface area contributed by atoms with Crippen LogP contribution in [-0.4, -0.2) is 26.3 Å². The quantitative estimate of drug-likeness (QED) is 0.546. The molecule has 0 fully saturated rings. The number of allylic oxidation sites excluding steroid dienone is 1. The summed E-state index contributed by atoms with van der Waals surface area (Å²) in [6.45, 7) is 8.46. The Morgan fingerprint density at radius 1 is 1.31 bits per heavy atom. The molecule has 0 amide bonds. The van der Waals surface area contributed by atoms with Crippen molar-refractivity contribution in [3.63, 3.8) is 0 Å². The monoisotopic (exact) mass is 228 g/mol. The Labute approximate surface area is 98.8 Å². The van der Waals surface area contributed by atoms with Crippen LogP contribution in [-0.2, 0) is 14.2 Å². The van der Waals surface area contributed by atoms with E-state index >= 15 is 0 Å². The van der Waals surface area contributed by atoms with Gasteiger partial charge in [-0.1, -0.05) is 25.5 Å². The van der Waals surface area contributed by atoms with Gasteiger partial charge in [-0.2, -0.15) is 0 Å². The molecular weight excluding hydrogens is 204 g/mol. The first-order valence-corrected chi connectivity index (χ1v) is 5.76. The SMILES string of the molecule is COC(C)(OC)OC1C=C(C)CC(C)(C)C1. The summed E-state index contributed by atoms with van der Waals surface area (Å²) in [5.41, 5.74) is 1.65. The lowest BCUT2D eigenvalue weighted by atomic mass is 9.76. The highest BCUT2D eigenvalue weighted by Gasteiger charge is 2.33. The van der Waals surface area contributed by atoms with Crippen molar-refractivity contribution in [1.29, 1.82) is 0 Å². The molecule has 1 rings (SSSR count). The predicted octanol–water partition coefficient (Wildman–Crippen LogP) is 3.10. The first-order chi connectivity index (χ1) is 7.30. The summed E-state index contributed by atoms with van der Waals surface area (Å²) in [5, 5.41) is 0. The molecular formula is C13H24O3. The molecule has 1 atom stereocenters. The van der Waals surface area contributed by atoms with E-state index in [4.69, 9.17) is 14.2 Å². The van der Waals surface area contributed by atoms with Crippen molar-refractivity contribution in [3.8, 4) is 0 Å². The van der Waals surface area contributed by atoms with Gasteiger partial charge in [0.15, 0.2) is 0 Å². The van der Waals surface area contributed by atoms with Gasteiger partial charge in [-0.25, -0.2) is 0 Å². The average Bonchev–Trinajstić information content (AvgIpc) is 2.14. The molecule has 1 unspecified atom stereocenters. The van der Waals surface area contributed by atoms with Crippen molar-refractivity contribution in [2.75, 3.05) is 14.2 Å². The molecule has 0 aromatic heterocycles. The van der Waals surface area contributed by atoms with E-state index in [0.717, 1.165) is 12.8 Å². The normalized spacial score (nSPS) is 25.4. The minimum absolute atomic E-state index is 0.0636. The number of methoxy groups -OCH3 is 2. The lowest BCUT2D eigenvalue weighted by Gasteiger charge is -2.37. The molecule has 0 saturated heterocycles. The van der Waals surface area contributed by atoms with Gasteiger partial charge in [-0.05, 0) is 25.2 Å². The van der Waals surface area contributed by atoms with Crippen molar-refractivity contribution < 1.29 is 14.2 Å². The maximum absolute atomic E-state index is 5.86. The molecule has 0 spiro atoms. The van der Waals surface area contributed by atoms with Crippen molar-refractivity contribution in [1.82, 2.24) is 0 Å². The summed E-state index contributed by atoms with van der Waals surface area (Å²) >= 11 is 0. The summed E-state index contributed by atoms with van der Waals surface area (Å²) < 4.78 is 16.3. The van der Waals surface area contributed by atoms with Crippen molar-refractivity contribution >= 4 is 0 Å². The van der Waals surface area contributed by atoms with Gasteiger partial charge in [0.05, 0.1) is 6.10 Å². The summed E-state index contributed by atoms with van der Waals surface area (Å²) in [4.78, 5) is 0. The minimum Gasteiger partial charge on any atom is -0.331 e. The van der Waals surface area contributed by atoms with Crippen molar-refractivity contribution in [2.24, 2.45) is 5.41 Å². The summed E-state index contributed by atoms with van der Waals surface area (Å²) in [6, 6.07) is 0. The van der Waals surface area contributed by atoms with Gasteiger partial charge in [-0.15, -0.1) is 0 Å². The summed E-state index contributed by atoms with van der Waals surface area (Å²) in [6.07, 6.45) is 4.35. The summed E-state index contributed by atoms with van der Waals surface area (Å²) in [7, 11) is 3.18. The van der Waals surface area contributed by atoms with Gasteiger partial charge in [0, 0.05) is 21.1 Å². The Hall–Kier alpha value is -0.380. The maximum atomic E-state index is 5.86. The topological polar surface area (TPSA) is 27.7 Å². The van der Waals surface area contributed by atoms with Crippen LogP contribution in [0.5, 0.6) is 0 Å². The molecule has 1 aliphatic carbocycles. The van der Waals surface area contributed by atoms with Crippen LogP contribution in [0.1, 0.15) is 40.5 Å². The average molecular weight is 228 g/mol. The van der Waals surface area contributed by atoms with E-state index in [1.807, 2.05) is 0 Å². The highest BCUT2D eigenvalue weighted by molar-refractivity contribution is 5.10. The van der Waals surface area contributed by atoms with E-state index in [0.29, 0.717) is 0 Å². The molecule has 0 radical (unpaired) electrons. The Morgan fingerprint density at radius 2 is 1.88 bits per heavy atom. The molecule has 16 heavy (non-hydrogen) atoms. The molecule has 0 aromatic rings. The van der Waals surface area contributed by atoms with E-state index in [-0.39, 0.29) is 11.5 Å². The first kappa shape index (κ1) is 13.7. The zero-order valence-corrected chi connectivity index (χ0v) is 11.3. The Morgan fingerprint density at radius 3 is 2.31 bits per heavy atom. The van der Waals surface area contributed by atoms with Crippen molar-refractivity contribution in [2.45, 2.75) is 52.6 Å². The smallest absolute Gasteiger partial charge is 0.279 e. The van der Waals surface area contributed by atoms with Crippen LogP contribution in [0.4, 0.5) is 0 Å². The zero-order chi connectivity index (χ0) is 12.4. The fourth-order valence-corrected chi connectivity index (χ4v) is 2.34. The maximum Gasteiger partial charge on any atom is 0.279 e. The molecule has 94 valence electrons. The second kappa shape index (κ2) is 4.86. The molecule has 0 bridgehead atoms. The highest BCUT2D eigenvalue weighted by atomic mass is 16.9. The van der Waals surface area contributed by atoms with E-state index in [1.54, 1.807) is 21.1 Å². The third-order valence-corrected chi connectivity index (χ3v) is 3.09. The van der Waals surface area contributed by atoms with E-state index in [1.165, 1.54) is 5.57 Å². The van der Waals surface area contributed by atoms with E-state index in [2.05, 4.69) is 26.8 Å². The number of ether oxygens (including phenoxy) is 3. The Kier molecular flexibility index (Phi) is 4.16. The molecule has 0 N–H and O–H groups in total. The van der Waals surface area contributed by atoms with Crippen LogP contribution < -0.4 is 0 Å². The number of hydrogen-bond donors (Lipinski definition) is 0. The largest absolute Gasteiger partial charge is 0.331 e. The van der Waals surface area contributed by atoms with Crippen LogP contribution in [0.15, 0.2) is 11.6 Å². The fraction of sp³-hybridized carbons (Fsp3) is 0.846. The third kappa shape index (κ3) is 3.58. The molecule has 1 aliphatic rings. The second-order valence-electron chi connectivity index (χ2n) is 5.49. The van der Waals surface area contributed by atoms with E-state index in [9.17, 15) is 0 Å². The van der Waals surface area contributed by atoms with Gasteiger partial charge in [0.2, 0.25) is 0 Å². The zero-order valence-electron chi connectivity index (χ0n) is 11.3. The lowest BCUT2D eigenvalue weighted by Crippen LogP contribution is -2.39. The van der Waals surface area contributed by atoms with Crippen LogP contribution in [0, 0.1) is 5.41 Å². The molecule has 3 nitrogen and oxygen atoms in total. The van der Waals surface area contributed by atoms with Crippen LogP contribution in [0.2, 0.25) is 0 Å². The minimum atomic E-state index is -0.950. The van der Waals surface area contributed by atoms with Gasteiger partial charge < -0.3 is 14.2 Å². The van der Waals surface area contributed by atoms with Gasteiger partial charge in [0.25, 0.3) is 5.97 Å². The third-order valence-electron chi connectivity index (χ3n) is 3.09. The highest BCUT2D eigenvalue weighted by Crippen LogP contribution is 2.37. The Balaban J connectivity index is 2.71. The second-order valence-corrected chi connectivity index (χ2v) is 5.49. The van der Waals surface area contributed by atoms with Gasteiger partial charge in [-0.3, -0.25) is 0 Å². The predicted molar refractivity (Wildman–Crippen MR) is 64.1 cm³/mol. The lowest BCUT2D eigenvalue weighted by molar-refractivity contribution is -0.362.